The minimum atomic E-state index is -5.08. The van der Waals surface area contributed by atoms with Crippen LogP contribution in [0.4, 0.5) is 59.5 Å². The maximum Gasteiger partial charge on any atom is 0.490 e. The molecule has 4 aromatic carbocycles. The molecule has 132 heavy (non-hydrogen) atoms. The molecule has 4 fully saturated rings. The van der Waals surface area contributed by atoms with E-state index in [-0.39, 0.29) is 126 Å². The number of halogens is 3. The van der Waals surface area contributed by atoms with Gasteiger partial charge in [0.1, 0.15) is 65.1 Å². The zero-order chi connectivity index (χ0) is 95.2. The molecule has 10 N–H and O–H groups in total. The zero-order valence-corrected chi connectivity index (χ0v) is 74.3. The number of Topliss-reactive ketones (excluding diaryl/α,β-unsaturated/α-hetero) is 1. The number of fused-ring (bicyclic) bond motifs is 4. The number of carboxylic acid groups (broad SMARTS) is 2. The quantitative estimate of drug-likeness (QED) is 0.0130. The molecule has 12 amide bonds. The number of nitrogens with zero attached hydrogens (tertiary/aromatic N) is 10. The summed E-state index contributed by atoms with van der Waals surface area (Å²) in [7, 11) is 6.54. The fourth-order valence-electron chi connectivity index (χ4n) is 17.1. The number of anilines is 8. The minimum Gasteiger partial charge on any atom is -0.495 e. The highest BCUT2D eigenvalue weighted by molar-refractivity contribution is 6.26. The number of piperidine rings is 2. The van der Waals surface area contributed by atoms with Gasteiger partial charge in [-0.25, -0.2) is 19.6 Å². The van der Waals surface area contributed by atoms with E-state index in [0.29, 0.717) is 90.5 Å². The number of aromatic carboxylic acids is 1. The van der Waals surface area contributed by atoms with Gasteiger partial charge < -0.3 is 75.8 Å². The lowest BCUT2D eigenvalue weighted by Gasteiger charge is -2.43. The standard InChI is InChI=1S/C43H51N9O9.C24H31N3O6.C22H27N5O4.C2HF3O2/c1-4-29-41(58)50(2)31-23-46-43(49-37(31)51(29)26-12-7-8-13-26)47-28-17-16-25(22-33(28)60-3)38(55)45-21-10-6-5-9-20-44-35(54)24-61-32-15-11-14-27-36(32)42(59)52(40(27)57)30-18-19-34(53)48-39(30)56;25-14-7-5-3-1-2-4-6-9-16(28)15-33-19-11-8-10-17-21(19)24(32)27(23(17)31)18-12-13-20(29)26-22(18)30;1-4-16-20(28)26(2)17-12-23-22(25-19(17)27(16)14-7-5-6-8-14)24-15-10-9-13(21(29)30)11-18(15)31-3;3-2(4,5)1(6)7/h11,14-17,22-23,26,29-30H,4-10,12-13,18-21,24H2,1-3H3,(H,44,54)(H,45,55)(H,46,47,49)(H,48,53,56);8,10-11,18H,1-7,9,12-15,25H2,(H,26,29,30);9-12,14,16H,4-8H2,1-3H3,(H,29,30)(H,23,24,25);(H,6,7)/t29-,30?;;16-;/m1.1./s1. The van der Waals surface area contributed by atoms with Crippen molar-refractivity contribution in [3.8, 4) is 23.0 Å². The molecule has 8 heterocycles. The molecule has 6 aliphatic heterocycles. The number of likely N-dealkylation sites (N-methyl/N-ethyl adjacent to an activating group) is 2. The summed E-state index contributed by atoms with van der Waals surface area (Å²) in [5.74, 6) is -6.06. The van der Waals surface area contributed by atoms with Crippen LogP contribution in [0.1, 0.15) is 243 Å². The highest BCUT2D eigenvalue weighted by Gasteiger charge is 2.50. The second-order valence-electron chi connectivity index (χ2n) is 32.7. The van der Waals surface area contributed by atoms with E-state index < -0.39 is 83.4 Å². The van der Waals surface area contributed by atoms with Gasteiger partial charge in [0.2, 0.25) is 47.3 Å². The maximum absolute atomic E-state index is 13.2. The van der Waals surface area contributed by atoms with Gasteiger partial charge in [-0.3, -0.25) is 82.8 Å². The molecule has 706 valence electrons. The molecule has 6 aromatic rings. The van der Waals surface area contributed by atoms with E-state index in [9.17, 15) is 85.4 Å². The summed E-state index contributed by atoms with van der Waals surface area (Å²) >= 11 is 0. The molecule has 14 rings (SSSR count). The summed E-state index contributed by atoms with van der Waals surface area (Å²) < 4.78 is 54.0. The summed E-state index contributed by atoms with van der Waals surface area (Å²) in [5.41, 5.74) is 8.79. The number of hydrogen-bond acceptors (Lipinski definition) is 28. The van der Waals surface area contributed by atoms with Gasteiger partial charge in [-0.1, -0.05) is 96.6 Å². The number of aliphatic carboxylic acids is 1. The number of amides is 12. The maximum atomic E-state index is 13.2. The molecular formula is C91H110F3N17O21. The number of carbonyl (C=O) groups excluding carboxylic acids is 13. The molecule has 0 spiro atoms. The van der Waals surface area contributed by atoms with Crippen molar-refractivity contribution < 1.29 is 114 Å². The molecule has 2 saturated carbocycles. The van der Waals surface area contributed by atoms with E-state index in [2.05, 4.69) is 51.7 Å². The number of hydrogen-bond donors (Lipinski definition) is 9. The van der Waals surface area contributed by atoms with Crippen molar-refractivity contribution in [3.05, 3.63) is 119 Å². The smallest absolute Gasteiger partial charge is 0.490 e. The lowest BCUT2D eigenvalue weighted by atomic mass is 10.0. The average molecular weight is 1830 g/mol. The first kappa shape index (κ1) is 98.8. The van der Waals surface area contributed by atoms with Crippen molar-refractivity contribution >= 4 is 135 Å². The topological polar surface area (TPSA) is 503 Å². The third-order valence-corrected chi connectivity index (χ3v) is 24.0. The summed E-state index contributed by atoms with van der Waals surface area (Å²) in [4.78, 5) is 212. The van der Waals surface area contributed by atoms with E-state index in [1.165, 1.54) is 56.7 Å². The van der Waals surface area contributed by atoms with Crippen LogP contribution in [0.25, 0.3) is 0 Å². The highest BCUT2D eigenvalue weighted by Crippen LogP contribution is 2.44. The van der Waals surface area contributed by atoms with Crippen LogP contribution < -0.4 is 76.2 Å². The molecule has 2 saturated heterocycles. The van der Waals surface area contributed by atoms with Crippen molar-refractivity contribution in [2.75, 3.05) is 91.4 Å². The number of ether oxygens (including phenoxy) is 4. The molecule has 2 unspecified atom stereocenters. The first-order valence-corrected chi connectivity index (χ1v) is 44.3. The first-order chi connectivity index (χ1) is 63.3. The van der Waals surface area contributed by atoms with Crippen molar-refractivity contribution in [1.29, 1.82) is 0 Å². The number of carboxylic acids is 2. The number of carbonyl (C=O) groups is 15. The summed E-state index contributed by atoms with van der Waals surface area (Å²) in [6.07, 6.45) is 19.3. The highest BCUT2D eigenvalue weighted by atomic mass is 19.4. The van der Waals surface area contributed by atoms with Crippen LogP contribution in [0.3, 0.4) is 0 Å². The number of nitrogens with two attached hydrogens (primary N) is 1. The van der Waals surface area contributed by atoms with Gasteiger partial charge in [0.25, 0.3) is 35.4 Å². The number of aromatic nitrogens is 4. The SMILES string of the molecule is CC[C@@H]1C(=O)N(C)c2cnc(Nc3ccc(C(=O)NCCCCCCNC(=O)COc4cccc5c4C(=O)N(C4CCC(=O)NC4=O)C5=O)cc3OC)nc2N1C1CCCC1.CC[C@@H]1C(=O)N(C)c2cnc(Nc3ccc(C(=O)O)cc3OC)nc2N1C1CCCC1.NCCCCCCCCCC(=O)COc1cccc2c1C(=O)N(C1CCC(=O)NC1=O)C2=O.O=C(O)C(F)(F)F. The number of methoxy groups -OCH3 is 2. The molecule has 41 heteroatoms. The second kappa shape index (κ2) is 45.7. The Labute approximate surface area is 758 Å². The Morgan fingerprint density at radius 1 is 0.523 bits per heavy atom. The van der Waals surface area contributed by atoms with Crippen molar-refractivity contribution in [3.63, 3.8) is 0 Å². The predicted molar refractivity (Wildman–Crippen MR) is 474 cm³/mol. The van der Waals surface area contributed by atoms with E-state index in [0.717, 1.165) is 144 Å². The van der Waals surface area contributed by atoms with E-state index in [1.807, 2.05) is 13.8 Å². The summed E-state index contributed by atoms with van der Waals surface area (Å²) in [5, 5.41) is 32.8. The van der Waals surface area contributed by atoms with Crippen LogP contribution >= 0.6 is 0 Å². The van der Waals surface area contributed by atoms with Crippen LogP contribution in [0.2, 0.25) is 0 Å². The van der Waals surface area contributed by atoms with Crippen LogP contribution in [0.15, 0.2) is 85.2 Å². The molecule has 2 aliphatic carbocycles. The largest absolute Gasteiger partial charge is 0.495 e. The monoisotopic (exact) mass is 1830 g/mol. The van der Waals surface area contributed by atoms with Crippen LogP contribution in [-0.2, 0) is 43.2 Å². The van der Waals surface area contributed by atoms with Crippen molar-refractivity contribution in [1.82, 2.24) is 51.0 Å². The number of benzene rings is 4. The predicted octanol–water partition coefficient (Wildman–Crippen LogP) is 9.80. The number of nitrogens with one attached hydrogen (secondary N) is 6. The number of rotatable bonds is 36. The summed E-state index contributed by atoms with van der Waals surface area (Å²) in [6.45, 7) is 5.07. The van der Waals surface area contributed by atoms with E-state index >= 15 is 0 Å². The lowest BCUT2D eigenvalue weighted by molar-refractivity contribution is -0.192. The fraction of sp³-hybridized carbons (Fsp3) is 0.484. The lowest BCUT2D eigenvalue weighted by Crippen LogP contribution is -2.55. The Morgan fingerprint density at radius 2 is 0.939 bits per heavy atom. The van der Waals surface area contributed by atoms with Gasteiger partial charge in [-0.2, -0.15) is 23.1 Å². The normalized spacial score (nSPS) is 18.2. The Kier molecular flexibility index (Phi) is 34.2. The molecule has 0 radical (unpaired) electrons. The molecule has 38 nitrogen and oxygen atoms in total. The minimum absolute atomic E-state index is 0.00724. The Balaban J connectivity index is 0.000000199. The molecule has 2 aromatic heterocycles. The fourth-order valence-corrected chi connectivity index (χ4v) is 17.1. The number of unbranched alkanes of at least 4 members (excludes halogenated alkanes) is 9. The first-order valence-electron chi connectivity index (χ1n) is 44.3. The summed E-state index contributed by atoms with van der Waals surface area (Å²) in [6, 6.07) is 16.6. The third kappa shape index (κ3) is 23.7. The van der Waals surface area contributed by atoms with Crippen LogP contribution in [0, 0.1) is 0 Å². The molecule has 0 bridgehead atoms. The van der Waals surface area contributed by atoms with Gasteiger partial charge in [0.05, 0.1) is 65.8 Å². The molecular weight excluding hydrogens is 1720 g/mol. The number of imide groups is 4. The van der Waals surface area contributed by atoms with E-state index in [1.54, 1.807) is 66.6 Å². The van der Waals surface area contributed by atoms with Gasteiger partial charge in [-0.05, 0) is 144 Å². The number of ketones is 1. The van der Waals surface area contributed by atoms with E-state index in [4.69, 9.17) is 44.6 Å². The average Bonchev–Trinajstić information content (AvgIpc) is 1.52. The van der Waals surface area contributed by atoms with Crippen LogP contribution in [-0.4, -0.2) is 232 Å². The van der Waals surface area contributed by atoms with Crippen molar-refractivity contribution in [2.45, 2.75) is 223 Å². The van der Waals surface area contributed by atoms with Crippen molar-refractivity contribution in [2.24, 2.45) is 5.73 Å². The molecule has 4 atom stereocenters. The van der Waals surface area contributed by atoms with Gasteiger partial charge in [0.15, 0.2) is 24.0 Å². The Bertz CT molecular complexity index is 5340. The zero-order valence-electron chi connectivity index (χ0n) is 74.3. The van der Waals surface area contributed by atoms with Gasteiger partial charge >= 0.3 is 18.1 Å². The van der Waals surface area contributed by atoms with Crippen LogP contribution in [0.5, 0.6) is 23.0 Å². The van der Waals surface area contributed by atoms with Gasteiger partial charge in [-0.15, -0.1) is 0 Å². The second-order valence-corrected chi connectivity index (χ2v) is 32.7. The number of alkyl halides is 3. The van der Waals surface area contributed by atoms with Gasteiger partial charge in [0, 0.05) is 64.1 Å². The Hall–Kier alpha value is -13.8. The Morgan fingerprint density at radius 3 is 1.36 bits per heavy atom. The third-order valence-electron chi connectivity index (χ3n) is 24.0. The molecule has 8 aliphatic rings.